The van der Waals surface area contributed by atoms with Gasteiger partial charge in [0, 0.05) is 11.8 Å². The van der Waals surface area contributed by atoms with Crippen LogP contribution in [0.15, 0.2) is 25.3 Å². The maximum Gasteiger partial charge on any atom is 0.136 e. The molecule has 0 aliphatic carbocycles. The van der Waals surface area contributed by atoms with Gasteiger partial charge in [0.05, 0.1) is 0 Å². The van der Waals surface area contributed by atoms with E-state index in [0.29, 0.717) is 0 Å². The summed E-state index contributed by atoms with van der Waals surface area (Å²) >= 11 is 0. The molecule has 52 valence electrons. The number of nitrogens with one attached hydrogen (secondary N) is 1. The molecule has 3 heteroatoms. The molecular formula is C7H9N3. The Balaban J connectivity index is 2.91. The smallest absolute Gasteiger partial charge is 0.136 e. The molecule has 0 fully saturated rings. The minimum atomic E-state index is 0.810. The molecule has 0 saturated carbocycles. The summed E-state index contributed by atoms with van der Waals surface area (Å²) in [5, 5.41) is 2.89. The third kappa shape index (κ3) is 1.31. The van der Waals surface area contributed by atoms with E-state index in [0.717, 1.165) is 11.4 Å². The van der Waals surface area contributed by atoms with Crippen molar-refractivity contribution in [3.05, 3.63) is 30.9 Å². The van der Waals surface area contributed by atoms with Gasteiger partial charge in [-0.1, -0.05) is 6.58 Å². The van der Waals surface area contributed by atoms with E-state index in [9.17, 15) is 0 Å². The minimum absolute atomic E-state index is 0.810. The van der Waals surface area contributed by atoms with Gasteiger partial charge in [-0.2, -0.15) is 0 Å². The Morgan fingerprint density at radius 2 is 2.50 bits per heavy atom. The lowest BCUT2D eigenvalue weighted by molar-refractivity contribution is 1.13. The fraction of sp³-hybridized carbons (Fsp3) is 0.143. The van der Waals surface area contributed by atoms with Gasteiger partial charge < -0.3 is 5.32 Å². The van der Waals surface area contributed by atoms with Gasteiger partial charge in [0.25, 0.3) is 0 Å². The zero-order chi connectivity index (χ0) is 7.40. The highest BCUT2D eigenvalue weighted by Gasteiger charge is 1.92. The van der Waals surface area contributed by atoms with Crippen LogP contribution in [-0.4, -0.2) is 9.97 Å². The Morgan fingerprint density at radius 3 is 3.10 bits per heavy atom. The molecule has 1 aromatic heterocycles. The summed E-state index contributed by atoms with van der Waals surface area (Å²) in [7, 11) is 0. The van der Waals surface area contributed by atoms with E-state index in [4.69, 9.17) is 0 Å². The van der Waals surface area contributed by atoms with E-state index in [1.165, 1.54) is 6.33 Å². The van der Waals surface area contributed by atoms with Crippen molar-refractivity contribution in [1.82, 2.24) is 9.97 Å². The van der Waals surface area contributed by atoms with E-state index in [-0.39, 0.29) is 0 Å². The molecule has 0 saturated heterocycles. The third-order valence-electron chi connectivity index (χ3n) is 1.13. The van der Waals surface area contributed by atoms with Crippen LogP contribution in [0.4, 0.5) is 5.82 Å². The molecule has 1 aromatic rings. The molecule has 0 unspecified atom stereocenters. The van der Waals surface area contributed by atoms with Crippen LogP contribution in [0.1, 0.15) is 5.56 Å². The van der Waals surface area contributed by atoms with E-state index >= 15 is 0 Å². The maximum absolute atomic E-state index is 3.97. The van der Waals surface area contributed by atoms with Crippen molar-refractivity contribution in [2.24, 2.45) is 0 Å². The molecule has 0 radical (unpaired) electrons. The zero-order valence-corrected chi connectivity index (χ0v) is 5.83. The lowest BCUT2D eigenvalue weighted by Crippen LogP contribution is -1.93. The first-order valence-corrected chi connectivity index (χ1v) is 2.98. The van der Waals surface area contributed by atoms with Crippen molar-refractivity contribution in [2.75, 3.05) is 5.32 Å². The summed E-state index contributed by atoms with van der Waals surface area (Å²) in [6.45, 7) is 5.46. The first-order chi connectivity index (χ1) is 4.84. The van der Waals surface area contributed by atoms with Crippen molar-refractivity contribution in [2.45, 2.75) is 6.92 Å². The van der Waals surface area contributed by atoms with Crippen molar-refractivity contribution in [3.8, 4) is 0 Å². The second-order valence-electron chi connectivity index (χ2n) is 1.90. The molecule has 1 rings (SSSR count). The van der Waals surface area contributed by atoms with Gasteiger partial charge in [-0.3, -0.25) is 0 Å². The lowest BCUT2D eigenvalue weighted by Gasteiger charge is -2.00. The highest BCUT2D eigenvalue weighted by molar-refractivity contribution is 5.42. The predicted molar refractivity (Wildman–Crippen MR) is 40.6 cm³/mol. The highest BCUT2D eigenvalue weighted by Crippen LogP contribution is 2.06. The summed E-state index contributed by atoms with van der Waals surface area (Å²) in [5.74, 6) is 0.810. The number of aromatic nitrogens is 2. The molecule has 0 amide bonds. The topological polar surface area (TPSA) is 37.8 Å². The summed E-state index contributed by atoms with van der Waals surface area (Å²) < 4.78 is 0. The van der Waals surface area contributed by atoms with Crippen LogP contribution in [0.2, 0.25) is 0 Å². The first-order valence-electron chi connectivity index (χ1n) is 2.98. The molecule has 1 N–H and O–H groups in total. The Kier molecular flexibility index (Phi) is 1.99. The van der Waals surface area contributed by atoms with Crippen LogP contribution in [0.3, 0.4) is 0 Å². The van der Waals surface area contributed by atoms with Crippen molar-refractivity contribution in [3.63, 3.8) is 0 Å². The summed E-state index contributed by atoms with van der Waals surface area (Å²) in [4.78, 5) is 7.82. The normalized spacial score (nSPS) is 8.90. The molecule has 0 aliphatic rings. The first kappa shape index (κ1) is 6.74. The van der Waals surface area contributed by atoms with E-state index in [2.05, 4.69) is 21.9 Å². The Hall–Kier alpha value is -1.38. The third-order valence-corrected chi connectivity index (χ3v) is 1.13. The van der Waals surface area contributed by atoms with E-state index in [1.54, 1.807) is 12.4 Å². The average molecular weight is 135 g/mol. The molecule has 0 atom stereocenters. The molecule has 0 aliphatic heterocycles. The van der Waals surface area contributed by atoms with Crippen LogP contribution in [0, 0.1) is 6.92 Å². The number of hydrogen-bond acceptors (Lipinski definition) is 3. The van der Waals surface area contributed by atoms with Crippen molar-refractivity contribution < 1.29 is 0 Å². The van der Waals surface area contributed by atoms with Gasteiger partial charge in [0.2, 0.25) is 0 Å². The molecule has 0 bridgehead atoms. The van der Waals surface area contributed by atoms with E-state index in [1.807, 2.05) is 6.92 Å². The quantitative estimate of drug-likeness (QED) is 0.665. The van der Waals surface area contributed by atoms with Gasteiger partial charge in [0.15, 0.2) is 0 Å². The number of anilines is 1. The van der Waals surface area contributed by atoms with Crippen LogP contribution in [0.25, 0.3) is 0 Å². The summed E-state index contributed by atoms with van der Waals surface area (Å²) in [5.41, 5.74) is 1.02. The SMILES string of the molecule is C=CNc1ncncc1C. The number of rotatable bonds is 2. The zero-order valence-electron chi connectivity index (χ0n) is 5.83. The van der Waals surface area contributed by atoms with Gasteiger partial charge in [-0.25, -0.2) is 9.97 Å². The Morgan fingerprint density at radius 1 is 1.70 bits per heavy atom. The fourth-order valence-electron chi connectivity index (χ4n) is 0.647. The average Bonchev–Trinajstić information content (AvgIpc) is 1.94. The van der Waals surface area contributed by atoms with Crippen LogP contribution >= 0.6 is 0 Å². The molecule has 0 aromatic carbocycles. The Bertz CT molecular complexity index is 232. The summed E-state index contributed by atoms with van der Waals surface area (Å²) in [6.07, 6.45) is 4.84. The Labute approximate surface area is 59.8 Å². The molecular weight excluding hydrogens is 126 g/mol. The molecule has 0 spiro atoms. The van der Waals surface area contributed by atoms with Crippen molar-refractivity contribution >= 4 is 5.82 Å². The second-order valence-corrected chi connectivity index (χ2v) is 1.90. The number of aryl methyl sites for hydroxylation is 1. The minimum Gasteiger partial charge on any atom is -0.347 e. The molecule has 1 heterocycles. The van der Waals surface area contributed by atoms with Gasteiger partial charge >= 0.3 is 0 Å². The number of nitrogens with zero attached hydrogens (tertiary/aromatic N) is 2. The predicted octanol–water partition coefficient (Wildman–Crippen LogP) is 1.34. The summed E-state index contributed by atoms with van der Waals surface area (Å²) in [6, 6.07) is 0. The number of hydrogen-bond donors (Lipinski definition) is 1. The second kappa shape index (κ2) is 2.96. The highest BCUT2D eigenvalue weighted by atomic mass is 15.0. The largest absolute Gasteiger partial charge is 0.347 e. The van der Waals surface area contributed by atoms with Crippen LogP contribution in [0.5, 0.6) is 0 Å². The fourth-order valence-corrected chi connectivity index (χ4v) is 0.647. The van der Waals surface area contributed by atoms with Crippen molar-refractivity contribution in [1.29, 1.82) is 0 Å². The molecule has 3 nitrogen and oxygen atoms in total. The van der Waals surface area contributed by atoms with Gasteiger partial charge in [0.1, 0.15) is 12.1 Å². The monoisotopic (exact) mass is 135 g/mol. The standard InChI is InChI=1S/C7H9N3/c1-3-9-7-6(2)4-8-5-10-7/h3-5H,1H2,2H3,(H,8,9,10). The lowest BCUT2D eigenvalue weighted by atomic mass is 10.3. The van der Waals surface area contributed by atoms with Crippen LogP contribution < -0.4 is 5.32 Å². The van der Waals surface area contributed by atoms with Gasteiger partial charge in [-0.15, -0.1) is 0 Å². The molecule has 10 heavy (non-hydrogen) atoms. The van der Waals surface area contributed by atoms with E-state index < -0.39 is 0 Å². The maximum atomic E-state index is 3.97. The van der Waals surface area contributed by atoms with Crippen LogP contribution in [-0.2, 0) is 0 Å². The van der Waals surface area contributed by atoms with Gasteiger partial charge in [-0.05, 0) is 13.1 Å².